The van der Waals surface area contributed by atoms with Crippen molar-refractivity contribution in [1.29, 1.82) is 0 Å². The van der Waals surface area contributed by atoms with Crippen molar-refractivity contribution in [2.75, 3.05) is 13.3 Å². The van der Waals surface area contributed by atoms with Crippen LogP contribution in [0.25, 0.3) is 0 Å². The second-order valence-corrected chi connectivity index (χ2v) is 3.66. The Morgan fingerprint density at radius 3 is 2.11 bits per heavy atom. The summed E-state index contributed by atoms with van der Waals surface area (Å²) < 4.78 is 0. The summed E-state index contributed by atoms with van der Waals surface area (Å²) in [7, 11) is -2.70. The third kappa shape index (κ3) is 5.65. The zero-order chi connectivity index (χ0) is 7.49. The maximum atomic E-state index is 9.80. The molecule has 6 heteroatoms. The maximum absolute atomic E-state index is 9.80. The molecule has 0 saturated heterocycles. The molecule has 0 aliphatic heterocycles. The average Bonchev–Trinajstić information content (AvgIpc) is 1.62. The molecule has 0 unspecified atom stereocenters. The molecule has 0 aromatic rings. The van der Waals surface area contributed by atoms with Gasteiger partial charge in [-0.2, -0.15) is 0 Å². The van der Waals surface area contributed by atoms with Crippen molar-refractivity contribution in [3.05, 3.63) is 0 Å². The van der Waals surface area contributed by atoms with Crippen LogP contribution in [-0.4, -0.2) is 39.3 Å². The molecular weight excluding hydrogens is 145 g/mol. The molecule has 0 bridgehead atoms. The second-order valence-electron chi connectivity index (χ2n) is 1.79. The number of carbonyl (C=O) groups is 1. The van der Waals surface area contributed by atoms with E-state index in [0.29, 0.717) is 6.41 Å². The molecule has 1 amide bonds. The van der Waals surface area contributed by atoms with Gasteiger partial charge in [0, 0.05) is 0 Å². The first kappa shape index (κ1) is 8.78. The zero-order valence-electron chi connectivity index (χ0n) is 4.98. The van der Waals surface area contributed by atoms with Crippen LogP contribution in [0.1, 0.15) is 0 Å². The fourth-order valence-electron chi connectivity index (χ4n) is 0.372. The van der Waals surface area contributed by atoms with E-state index in [1.165, 1.54) is 7.05 Å². The monoisotopic (exact) mass is 155 g/mol. The Labute approximate surface area is 53.1 Å². The van der Waals surface area contributed by atoms with Gasteiger partial charge in [0.1, 0.15) is 0 Å². The van der Waals surface area contributed by atoms with Crippen LogP contribution in [0.2, 0.25) is 0 Å². The van der Waals surface area contributed by atoms with E-state index in [1.54, 1.807) is 0 Å². The first-order valence-electron chi connectivity index (χ1n) is 2.28. The van der Waals surface area contributed by atoms with Crippen LogP contribution in [0.3, 0.4) is 0 Å². The van der Waals surface area contributed by atoms with E-state index in [1.807, 2.05) is 0 Å². The van der Waals surface area contributed by atoms with Crippen LogP contribution in [0.15, 0.2) is 0 Å². The molecule has 0 fully saturated rings. The van der Waals surface area contributed by atoms with Crippen molar-refractivity contribution >= 4 is 14.4 Å². The first-order valence-corrected chi connectivity index (χ1v) is 4.33. The van der Waals surface area contributed by atoms with E-state index in [0.717, 1.165) is 4.90 Å². The normalized spacial score (nSPS) is 12.9. The van der Waals surface area contributed by atoms with Gasteiger partial charge in [0.05, 0.1) is 0 Å². The van der Waals surface area contributed by atoms with Gasteiger partial charge in [-0.15, -0.1) is 0 Å². The van der Waals surface area contributed by atoms with Gasteiger partial charge < -0.3 is 0 Å². The topological polar surface area (TPSA) is 81.0 Å². The molecule has 0 heterocycles. The van der Waals surface area contributed by atoms with Crippen molar-refractivity contribution in [3.8, 4) is 0 Å². The number of nitrogens with zero attached hydrogens (tertiary/aromatic N) is 1. The van der Waals surface area contributed by atoms with E-state index in [4.69, 9.17) is 14.7 Å². The summed E-state index contributed by atoms with van der Waals surface area (Å²) in [6, 6.07) is 0. The predicted octanol–water partition coefficient (Wildman–Crippen LogP) is -1.50. The molecule has 56 valence electrons. The number of amides is 1. The summed E-state index contributed by atoms with van der Waals surface area (Å²) in [5.41, 5.74) is 0. The van der Waals surface area contributed by atoms with Gasteiger partial charge >= 0.3 is 52.1 Å². The molecule has 0 aliphatic rings. The third-order valence-electron chi connectivity index (χ3n) is 0.641. The predicted molar refractivity (Wildman–Crippen MR) is 33.7 cm³/mol. The van der Waals surface area contributed by atoms with Crippen molar-refractivity contribution in [1.82, 2.24) is 4.90 Å². The molecule has 0 rings (SSSR count). The average molecular weight is 155 g/mol. The van der Waals surface area contributed by atoms with Gasteiger partial charge in [0.2, 0.25) is 0 Å². The van der Waals surface area contributed by atoms with Crippen molar-refractivity contribution in [2.24, 2.45) is 0 Å². The Balaban J connectivity index is 3.59. The van der Waals surface area contributed by atoms with Crippen molar-refractivity contribution in [2.45, 2.75) is 0 Å². The van der Waals surface area contributed by atoms with Gasteiger partial charge in [0.15, 0.2) is 0 Å². The third-order valence-corrected chi connectivity index (χ3v) is 1.56. The molecule has 0 spiro atoms. The molecular formula is C3H10NO4P. The molecule has 0 aromatic heterocycles. The summed E-state index contributed by atoms with van der Waals surface area (Å²) in [6.45, 7) is 0. The van der Waals surface area contributed by atoms with E-state index >= 15 is 0 Å². The summed E-state index contributed by atoms with van der Waals surface area (Å²) >= 11 is 0. The number of hydrogen-bond donors (Lipinski definition) is 3. The van der Waals surface area contributed by atoms with Gasteiger partial charge in [-0.3, -0.25) is 0 Å². The molecule has 0 aromatic carbocycles. The Hall–Kier alpha value is -0.220. The first-order chi connectivity index (χ1) is 3.95. The van der Waals surface area contributed by atoms with E-state index in [2.05, 4.69) is 0 Å². The van der Waals surface area contributed by atoms with Gasteiger partial charge in [-0.25, -0.2) is 0 Å². The molecule has 0 aliphatic carbocycles. The van der Waals surface area contributed by atoms with Crippen molar-refractivity contribution in [3.63, 3.8) is 0 Å². The SMILES string of the molecule is CN(C=O)C[PH](O)(O)O. The van der Waals surface area contributed by atoms with Crippen LogP contribution in [0.4, 0.5) is 0 Å². The van der Waals surface area contributed by atoms with Crippen molar-refractivity contribution < 1.29 is 19.5 Å². The minimum absolute atomic E-state index is 0.378. The van der Waals surface area contributed by atoms with Gasteiger partial charge in [-0.05, 0) is 0 Å². The standard InChI is InChI=1S/C3H10NO4P/c1-4(2-5)3-9(6,7)8/h2,6-9H,3H2,1H3. The van der Waals surface area contributed by atoms with Crippen LogP contribution in [0, 0.1) is 0 Å². The number of carbonyl (C=O) groups excluding carboxylic acids is 1. The Morgan fingerprint density at radius 2 is 2.00 bits per heavy atom. The summed E-state index contributed by atoms with van der Waals surface area (Å²) in [5, 5.41) is 0. The Morgan fingerprint density at radius 1 is 1.56 bits per heavy atom. The molecule has 5 nitrogen and oxygen atoms in total. The van der Waals surface area contributed by atoms with Gasteiger partial charge in [0.25, 0.3) is 0 Å². The Kier molecular flexibility index (Phi) is 3.00. The zero-order valence-corrected chi connectivity index (χ0v) is 5.98. The van der Waals surface area contributed by atoms with E-state index in [9.17, 15) is 4.79 Å². The van der Waals surface area contributed by atoms with E-state index < -0.39 is 7.94 Å². The minimum atomic E-state index is -4.05. The molecule has 3 N–H and O–H groups in total. The molecule has 0 radical (unpaired) electrons. The van der Waals surface area contributed by atoms with Crippen LogP contribution >= 0.6 is 7.94 Å². The molecule has 0 saturated carbocycles. The fourth-order valence-corrected chi connectivity index (χ4v) is 1.12. The summed E-state index contributed by atoms with van der Waals surface area (Å²) in [5.74, 6) is 0. The van der Waals surface area contributed by atoms with Crippen LogP contribution in [0.5, 0.6) is 0 Å². The van der Waals surface area contributed by atoms with Crippen LogP contribution < -0.4 is 0 Å². The van der Waals surface area contributed by atoms with Crippen LogP contribution in [-0.2, 0) is 4.79 Å². The molecule has 0 atom stereocenters. The number of hydrogen-bond acceptors (Lipinski definition) is 4. The second kappa shape index (κ2) is 3.08. The summed E-state index contributed by atoms with van der Waals surface area (Å²) in [6.07, 6.45) is 0.0287. The number of rotatable bonds is 3. The van der Waals surface area contributed by atoms with Gasteiger partial charge in [-0.1, -0.05) is 0 Å². The Bertz CT molecular complexity index is 100. The van der Waals surface area contributed by atoms with E-state index in [-0.39, 0.29) is 6.29 Å². The molecule has 9 heavy (non-hydrogen) atoms. The fraction of sp³-hybridized carbons (Fsp3) is 0.667. The quantitative estimate of drug-likeness (QED) is 0.342. The summed E-state index contributed by atoms with van der Waals surface area (Å²) in [4.78, 5) is 35.9.